The summed E-state index contributed by atoms with van der Waals surface area (Å²) in [6.07, 6.45) is 3.39. The van der Waals surface area contributed by atoms with E-state index in [1.54, 1.807) is 0 Å². The third-order valence-electron chi connectivity index (χ3n) is 3.26. The van der Waals surface area contributed by atoms with Gasteiger partial charge < -0.3 is 0 Å². The third-order valence-corrected chi connectivity index (χ3v) is 5.96. The zero-order chi connectivity index (χ0) is 14.3. The number of pyridine rings is 1. The lowest BCUT2D eigenvalue weighted by Gasteiger charge is -2.37. The van der Waals surface area contributed by atoms with Crippen LogP contribution >= 0.6 is 27.5 Å². The first-order valence-corrected chi connectivity index (χ1v) is 8.65. The molecule has 0 atom stereocenters. The Hall–Kier alpha value is -0.170. The molecule has 1 saturated heterocycles. The first kappa shape index (κ1) is 15.2. The summed E-state index contributed by atoms with van der Waals surface area (Å²) in [7, 11) is -3.58. The van der Waals surface area contributed by atoms with Gasteiger partial charge in [0.05, 0.1) is 0 Å². The molecule has 0 radical (unpaired) electrons. The second-order valence-corrected chi connectivity index (χ2v) is 8.73. The van der Waals surface area contributed by atoms with Crippen LogP contribution in [0.3, 0.4) is 0 Å². The fourth-order valence-electron chi connectivity index (χ4n) is 2.30. The molecule has 19 heavy (non-hydrogen) atoms. The molecular formula is C12H16BrClN2O2S. The predicted molar refractivity (Wildman–Crippen MR) is 78.7 cm³/mol. The summed E-state index contributed by atoms with van der Waals surface area (Å²) in [6.45, 7) is 5.21. The van der Waals surface area contributed by atoms with Crippen LogP contribution in [0.15, 0.2) is 21.6 Å². The Labute approximate surface area is 127 Å². The van der Waals surface area contributed by atoms with E-state index in [4.69, 9.17) is 11.6 Å². The van der Waals surface area contributed by atoms with Gasteiger partial charge in [0.25, 0.3) is 0 Å². The van der Waals surface area contributed by atoms with Gasteiger partial charge in [0.15, 0.2) is 0 Å². The second kappa shape index (κ2) is 5.31. The molecule has 2 heterocycles. The monoisotopic (exact) mass is 366 g/mol. The van der Waals surface area contributed by atoms with Gasteiger partial charge in [0.2, 0.25) is 10.0 Å². The molecule has 0 aliphatic carbocycles. The third kappa shape index (κ3) is 3.29. The highest BCUT2D eigenvalue weighted by Crippen LogP contribution is 2.33. The summed E-state index contributed by atoms with van der Waals surface area (Å²) < 4.78 is 27.4. The summed E-state index contributed by atoms with van der Waals surface area (Å²) >= 11 is 9.16. The number of nitrogens with zero attached hydrogens (tertiary/aromatic N) is 2. The standard InChI is InChI=1S/C12H16BrClN2O2S/c1-12(2)4-3-5-16(8-12)19(17,18)10-6-9(13)7-15-11(10)14/h6-7H,3-5,8H2,1-2H3. The van der Waals surface area contributed by atoms with Crippen molar-refractivity contribution in [3.8, 4) is 0 Å². The van der Waals surface area contributed by atoms with Crippen molar-refractivity contribution in [1.29, 1.82) is 0 Å². The molecule has 0 saturated carbocycles. The molecule has 2 rings (SSSR count). The number of halogens is 2. The van der Waals surface area contributed by atoms with Crippen LogP contribution in [0.1, 0.15) is 26.7 Å². The molecule has 0 bridgehead atoms. The van der Waals surface area contributed by atoms with Gasteiger partial charge in [-0.3, -0.25) is 0 Å². The summed E-state index contributed by atoms with van der Waals surface area (Å²) in [5.74, 6) is 0. The lowest BCUT2D eigenvalue weighted by molar-refractivity contribution is 0.187. The van der Waals surface area contributed by atoms with Gasteiger partial charge in [-0.2, -0.15) is 4.31 Å². The molecule has 7 heteroatoms. The first-order chi connectivity index (χ1) is 8.72. The molecule has 0 N–H and O–H groups in total. The van der Waals surface area contributed by atoms with Crippen LogP contribution in [-0.4, -0.2) is 30.8 Å². The Morgan fingerprint density at radius 3 is 2.79 bits per heavy atom. The van der Waals surface area contributed by atoms with Crippen molar-refractivity contribution >= 4 is 37.6 Å². The van der Waals surface area contributed by atoms with Gasteiger partial charge in [0, 0.05) is 23.8 Å². The van der Waals surface area contributed by atoms with Crippen LogP contribution in [-0.2, 0) is 10.0 Å². The molecular weight excluding hydrogens is 352 g/mol. The molecule has 106 valence electrons. The van der Waals surface area contributed by atoms with Crippen LogP contribution in [0.5, 0.6) is 0 Å². The topological polar surface area (TPSA) is 50.3 Å². The van der Waals surface area contributed by atoms with Gasteiger partial charge in [-0.1, -0.05) is 25.4 Å². The molecule has 0 spiro atoms. The molecule has 1 fully saturated rings. The highest BCUT2D eigenvalue weighted by Gasteiger charge is 2.35. The Bertz CT molecular complexity index is 589. The number of piperidine rings is 1. The lowest BCUT2D eigenvalue weighted by atomic mass is 9.85. The van der Waals surface area contributed by atoms with E-state index in [0.29, 0.717) is 17.6 Å². The quantitative estimate of drug-likeness (QED) is 0.754. The highest BCUT2D eigenvalue weighted by molar-refractivity contribution is 9.10. The van der Waals surface area contributed by atoms with Gasteiger partial charge >= 0.3 is 0 Å². The Balaban J connectivity index is 2.39. The highest BCUT2D eigenvalue weighted by atomic mass is 79.9. The normalized spacial score (nSPS) is 20.4. The Kier molecular flexibility index (Phi) is 4.26. The van der Waals surface area contributed by atoms with Crippen molar-refractivity contribution in [3.63, 3.8) is 0 Å². The minimum Gasteiger partial charge on any atom is -0.242 e. The molecule has 0 aromatic carbocycles. The molecule has 0 amide bonds. The minimum absolute atomic E-state index is 0.00274. The average molecular weight is 368 g/mol. The molecule has 0 unspecified atom stereocenters. The number of sulfonamides is 1. The smallest absolute Gasteiger partial charge is 0.242 e. The van der Waals surface area contributed by atoms with E-state index in [-0.39, 0.29) is 15.5 Å². The first-order valence-electron chi connectivity index (χ1n) is 6.04. The molecule has 4 nitrogen and oxygen atoms in total. The summed E-state index contributed by atoms with van der Waals surface area (Å²) in [4.78, 5) is 3.96. The van der Waals surface area contributed by atoms with Crippen LogP contribution in [0, 0.1) is 5.41 Å². The van der Waals surface area contributed by atoms with Gasteiger partial charge in [-0.05, 0) is 40.3 Å². The second-order valence-electron chi connectivity index (χ2n) is 5.55. The van der Waals surface area contributed by atoms with Gasteiger partial charge in [0.1, 0.15) is 10.0 Å². The molecule has 1 aromatic heterocycles. The van der Waals surface area contributed by atoms with E-state index in [0.717, 1.165) is 12.8 Å². The lowest BCUT2D eigenvalue weighted by Crippen LogP contribution is -2.43. The zero-order valence-corrected chi connectivity index (χ0v) is 14.0. The summed E-state index contributed by atoms with van der Waals surface area (Å²) in [6, 6.07) is 1.51. The van der Waals surface area contributed by atoms with Crippen molar-refractivity contribution in [1.82, 2.24) is 9.29 Å². The number of aromatic nitrogens is 1. The molecule has 1 aromatic rings. The van der Waals surface area contributed by atoms with Crippen LogP contribution in [0.25, 0.3) is 0 Å². The fourth-order valence-corrected chi connectivity index (χ4v) is 4.89. The number of hydrogen-bond acceptors (Lipinski definition) is 3. The maximum atomic E-state index is 12.6. The van der Waals surface area contributed by atoms with E-state index in [1.165, 1.54) is 16.6 Å². The van der Waals surface area contributed by atoms with Crippen LogP contribution in [0.4, 0.5) is 0 Å². The van der Waals surface area contributed by atoms with Gasteiger partial charge in [-0.25, -0.2) is 13.4 Å². The SMILES string of the molecule is CC1(C)CCCN(S(=O)(=O)c2cc(Br)cnc2Cl)C1. The van der Waals surface area contributed by atoms with Crippen molar-refractivity contribution in [2.75, 3.05) is 13.1 Å². The predicted octanol–water partition coefficient (Wildman–Crippen LogP) is 3.31. The maximum Gasteiger partial charge on any atom is 0.246 e. The summed E-state index contributed by atoms with van der Waals surface area (Å²) in [5.41, 5.74) is -0.00274. The average Bonchev–Trinajstić information content (AvgIpc) is 2.31. The summed E-state index contributed by atoms with van der Waals surface area (Å²) in [5, 5.41) is 0.0200. The maximum absolute atomic E-state index is 12.6. The van der Waals surface area contributed by atoms with Crippen molar-refractivity contribution in [2.45, 2.75) is 31.6 Å². The minimum atomic E-state index is -3.58. The van der Waals surface area contributed by atoms with Gasteiger partial charge in [-0.15, -0.1) is 0 Å². The Morgan fingerprint density at radius 1 is 1.47 bits per heavy atom. The van der Waals surface area contributed by atoms with E-state index in [1.807, 2.05) is 0 Å². The van der Waals surface area contributed by atoms with Crippen molar-refractivity contribution in [2.24, 2.45) is 5.41 Å². The van der Waals surface area contributed by atoms with Crippen LogP contribution < -0.4 is 0 Å². The van der Waals surface area contributed by atoms with Crippen molar-refractivity contribution < 1.29 is 8.42 Å². The Morgan fingerprint density at radius 2 is 2.16 bits per heavy atom. The van der Waals surface area contributed by atoms with Crippen molar-refractivity contribution in [3.05, 3.63) is 21.9 Å². The molecule has 1 aliphatic rings. The van der Waals surface area contributed by atoms with Crippen LogP contribution in [0.2, 0.25) is 5.15 Å². The molecule has 1 aliphatic heterocycles. The van der Waals surface area contributed by atoms with E-state index in [9.17, 15) is 8.42 Å². The van der Waals surface area contributed by atoms with E-state index < -0.39 is 10.0 Å². The fraction of sp³-hybridized carbons (Fsp3) is 0.583. The number of rotatable bonds is 2. The van der Waals surface area contributed by atoms with E-state index >= 15 is 0 Å². The largest absolute Gasteiger partial charge is 0.246 e. The zero-order valence-electron chi connectivity index (χ0n) is 10.9. The number of hydrogen-bond donors (Lipinski definition) is 0. The van der Waals surface area contributed by atoms with E-state index in [2.05, 4.69) is 34.8 Å².